The van der Waals surface area contributed by atoms with E-state index in [1.54, 1.807) is 6.55 Å². The van der Waals surface area contributed by atoms with E-state index in [0.717, 1.165) is 0 Å². The molecule has 0 unspecified atom stereocenters. The molecule has 6 heteroatoms. The molecule has 0 fully saturated rings. The van der Waals surface area contributed by atoms with Gasteiger partial charge in [-0.1, -0.05) is 0 Å². The molecule has 0 aliphatic heterocycles. The van der Waals surface area contributed by atoms with Crippen molar-refractivity contribution >= 4 is 62.3 Å². The van der Waals surface area contributed by atoms with Crippen LogP contribution in [0.1, 0.15) is 0 Å². The smallest absolute Gasteiger partial charge is 1.00 e. The fourth-order valence-electron chi connectivity index (χ4n) is 0.342. The maximum Gasteiger partial charge on any atom is 2.00 e. The SMILES string of the molecule is C[Si](Cl)(Cl)Cl.[Cl-].[Mg+2].[c-]1ccccc1. The van der Waals surface area contributed by atoms with Gasteiger partial charge < -0.3 is 12.4 Å². The zero-order valence-corrected chi connectivity index (χ0v) is 12.5. The molecule has 70 valence electrons. The van der Waals surface area contributed by atoms with Crippen molar-refractivity contribution in [3.05, 3.63) is 36.4 Å². The molecule has 1 aromatic carbocycles. The van der Waals surface area contributed by atoms with Crippen LogP contribution in [0.15, 0.2) is 30.3 Å². The van der Waals surface area contributed by atoms with Gasteiger partial charge in [0.25, 0.3) is 0 Å². The molecule has 0 aromatic heterocycles. The number of rotatable bonds is 0. The molecule has 0 heterocycles. The molecule has 0 atom stereocenters. The largest absolute Gasteiger partial charge is 2.00 e. The summed E-state index contributed by atoms with van der Waals surface area (Å²) in [4.78, 5) is 0. The first-order valence-electron chi connectivity index (χ1n) is 2.98. The van der Waals surface area contributed by atoms with Crippen molar-refractivity contribution in [2.75, 3.05) is 0 Å². The Morgan fingerprint density at radius 3 is 1.38 bits per heavy atom. The first-order chi connectivity index (χ1) is 5.00. The van der Waals surface area contributed by atoms with E-state index in [1.807, 2.05) is 30.3 Å². The molecule has 0 N–H and O–H groups in total. The Hall–Kier alpha value is 1.36. The van der Waals surface area contributed by atoms with Gasteiger partial charge in [-0.3, -0.25) is 0 Å². The summed E-state index contributed by atoms with van der Waals surface area (Å²) in [5.41, 5.74) is 0. The van der Waals surface area contributed by atoms with Crippen LogP contribution in [0, 0.1) is 6.07 Å². The first kappa shape index (κ1) is 19.9. The monoisotopic (exact) mass is 284 g/mol. The van der Waals surface area contributed by atoms with Crippen molar-refractivity contribution < 1.29 is 12.4 Å². The van der Waals surface area contributed by atoms with Crippen molar-refractivity contribution in [3.8, 4) is 0 Å². The average Bonchev–Trinajstić information content (AvgIpc) is 1.88. The van der Waals surface area contributed by atoms with Gasteiger partial charge in [-0.2, -0.15) is 36.4 Å². The van der Waals surface area contributed by atoms with Crippen molar-refractivity contribution in [3.63, 3.8) is 0 Å². The Morgan fingerprint density at radius 1 is 1.00 bits per heavy atom. The summed E-state index contributed by atoms with van der Waals surface area (Å²) >= 11 is 15.6. The standard InChI is InChI=1S/C6H5.CH3Cl3Si.ClH.Mg/c1-2-4-6-5-3-1;1-5(2,3)4;;/h1-5H;1H3;1H;/q-1;;;+2/p-1. The minimum Gasteiger partial charge on any atom is -1.00 e. The van der Waals surface area contributed by atoms with Gasteiger partial charge in [0, 0.05) is 0 Å². The minimum atomic E-state index is -2.19. The van der Waals surface area contributed by atoms with Crippen molar-refractivity contribution in [1.29, 1.82) is 0 Å². The second-order valence-electron chi connectivity index (χ2n) is 1.86. The summed E-state index contributed by atoms with van der Waals surface area (Å²) in [6.07, 6.45) is 0. The molecule has 1 rings (SSSR count). The number of halogens is 4. The summed E-state index contributed by atoms with van der Waals surface area (Å²) in [6, 6.07) is 10.3. The molecule has 0 aliphatic carbocycles. The van der Waals surface area contributed by atoms with E-state index >= 15 is 0 Å². The van der Waals surface area contributed by atoms with Crippen LogP contribution < -0.4 is 12.4 Å². The molecule has 13 heavy (non-hydrogen) atoms. The van der Waals surface area contributed by atoms with Gasteiger partial charge in [-0.25, -0.2) is 0 Å². The van der Waals surface area contributed by atoms with Crippen LogP contribution in [0.2, 0.25) is 6.55 Å². The summed E-state index contributed by atoms with van der Waals surface area (Å²) in [6.45, 7) is 1.62. The van der Waals surface area contributed by atoms with Crippen molar-refractivity contribution in [2.24, 2.45) is 0 Å². The van der Waals surface area contributed by atoms with Gasteiger partial charge in [0.2, 0.25) is 0 Å². The van der Waals surface area contributed by atoms with Gasteiger partial charge in [0.1, 0.15) is 0 Å². The third kappa shape index (κ3) is 31.8. The zero-order chi connectivity index (χ0) is 8.74. The van der Waals surface area contributed by atoms with Crippen LogP contribution in [0.4, 0.5) is 0 Å². The molecule has 1 aromatic rings. The summed E-state index contributed by atoms with van der Waals surface area (Å²) in [5.74, 6) is 0. The molecular formula is C7H8Cl4MgSi. The molecule has 0 nitrogen and oxygen atoms in total. The van der Waals surface area contributed by atoms with E-state index in [1.165, 1.54) is 0 Å². The number of hydrogen-bond acceptors (Lipinski definition) is 0. The van der Waals surface area contributed by atoms with E-state index in [9.17, 15) is 0 Å². The molecular weight excluding hydrogens is 278 g/mol. The topological polar surface area (TPSA) is 0 Å². The number of benzene rings is 1. The Labute approximate surface area is 117 Å². The second kappa shape index (κ2) is 11.4. The summed E-state index contributed by atoms with van der Waals surface area (Å²) < 4.78 is 0. The van der Waals surface area contributed by atoms with Crippen LogP contribution in [0.5, 0.6) is 0 Å². The Balaban J connectivity index is -0.000000136. The Morgan fingerprint density at radius 2 is 1.31 bits per heavy atom. The van der Waals surface area contributed by atoms with Crippen LogP contribution in [0.25, 0.3) is 0 Å². The van der Waals surface area contributed by atoms with Crippen LogP contribution in [-0.2, 0) is 0 Å². The molecule has 0 saturated heterocycles. The normalized spacial score (nSPS) is 8.31. The van der Waals surface area contributed by atoms with Gasteiger partial charge in [-0.15, -0.1) is 33.2 Å². The first-order valence-corrected chi connectivity index (χ1v) is 8.51. The predicted octanol–water partition coefficient (Wildman–Crippen LogP) is 0.381. The van der Waals surface area contributed by atoms with Crippen LogP contribution >= 0.6 is 33.2 Å². The summed E-state index contributed by atoms with van der Waals surface area (Å²) in [7, 11) is 0. The second-order valence-corrected chi connectivity index (χ2v) is 12.0. The van der Waals surface area contributed by atoms with E-state index in [2.05, 4.69) is 6.07 Å². The molecule has 0 radical (unpaired) electrons. The maximum atomic E-state index is 5.20. The van der Waals surface area contributed by atoms with Gasteiger partial charge >= 0.3 is 29.1 Å². The minimum absolute atomic E-state index is 0. The van der Waals surface area contributed by atoms with Gasteiger partial charge in [-0.05, 0) is 6.55 Å². The molecule has 0 spiro atoms. The Kier molecular flexibility index (Phi) is 17.5. The van der Waals surface area contributed by atoms with Gasteiger partial charge in [0.05, 0.1) is 0 Å². The number of hydrogen-bond donors (Lipinski definition) is 0. The third-order valence-corrected chi connectivity index (χ3v) is 0.607. The van der Waals surface area contributed by atoms with E-state index < -0.39 is 6.00 Å². The van der Waals surface area contributed by atoms with Crippen LogP contribution in [-0.4, -0.2) is 29.1 Å². The molecule has 0 aliphatic rings. The van der Waals surface area contributed by atoms with Crippen LogP contribution in [0.3, 0.4) is 0 Å². The molecule has 0 bridgehead atoms. The zero-order valence-electron chi connectivity index (χ0n) is 7.11. The van der Waals surface area contributed by atoms with Crippen molar-refractivity contribution in [2.45, 2.75) is 6.55 Å². The molecule has 0 amide bonds. The third-order valence-electron chi connectivity index (χ3n) is 0.607. The fourth-order valence-corrected chi connectivity index (χ4v) is 0.342. The Bertz CT molecular complexity index is 145. The summed E-state index contributed by atoms with van der Waals surface area (Å²) in [5, 5.41) is 0. The van der Waals surface area contributed by atoms with E-state index in [-0.39, 0.29) is 35.5 Å². The predicted molar refractivity (Wildman–Crippen MR) is 60.2 cm³/mol. The average molecular weight is 286 g/mol. The van der Waals surface area contributed by atoms with E-state index in [4.69, 9.17) is 33.2 Å². The molecule has 0 saturated carbocycles. The quantitative estimate of drug-likeness (QED) is 0.367. The fraction of sp³-hybridized carbons (Fsp3) is 0.143. The van der Waals surface area contributed by atoms with E-state index in [0.29, 0.717) is 0 Å². The van der Waals surface area contributed by atoms with Gasteiger partial charge in [0.15, 0.2) is 0 Å². The van der Waals surface area contributed by atoms with Crippen molar-refractivity contribution in [1.82, 2.24) is 0 Å². The maximum absolute atomic E-state index is 5.20.